The van der Waals surface area contributed by atoms with Gasteiger partial charge in [-0.2, -0.15) is 0 Å². The molecule has 1 aliphatic heterocycles. The molecule has 0 bridgehead atoms. The van der Waals surface area contributed by atoms with Crippen LogP contribution in [-0.4, -0.2) is 19.6 Å². The maximum absolute atomic E-state index is 10.6. The molecule has 0 radical (unpaired) electrons. The molecule has 4 rings (SSSR count). The summed E-state index contributed by atoms with van der Waals surface area (Å²) in [7, 11) is 0. The fourth-order valence-corrected chi connectivity index (χ4v) is 3.20. The number of hydrogen-bond donors (Lipinski definition) is 1. The molecule has 3 heterocycles. The first-order chi connectivity index (χ1) is 10.7. The maximum atomic E-state index is 10.6. The van der Waals surface area contributed by atoms with E-state index >= 15 is 0 Å². The zero-order valence-electron chi connectivity index (χ0n) is 12.3. The van der Waals surface area contributed by atoms with Crippen LogP contribution >= 0.6 is 0 Å². The van der Waals surface area contributed by atoms with Gasteiger partial charge in [-0.25, -0.2) is 4.98 Å². The quantitative estimate of drug-likeness (QED) is 0.805. The predicted molar refractivity (Wildman–Crippen MR) is 84.4 cm³/mol. The monoisotopic (exact) mass is 291 g/mol. The van der Waals surface area contributed by atoms with Crippen LogP contribution in [0.2, 0.25) is 0 Å². The lowest BCUT2D eigenvalue weighted by molar-refractivity contribution is 0.154. The number of pyridine rings is 1. The molecule has 0 fully saturated rings. The van der Waals surface area contributed by atoms with Gasteiger partial charge in [0.25, 0.3) is 0 Å². The number of imidazole rings is 1. The predicted octanol–water partition coefficient (Wildman–Crippen LogP) is 3.28. The van der Waals surface area contributed by atoms with Crippen LogP contribution in [-0.2, 0) is 0 Å². The summed E-state index contributed by atoms with van der Waals surface area (Å²) in [5, 5.41) is 10.6. The first-order valence-corrected chi connectivity index (χ1v) is 7.45. The Kier molecular flexibility index (Phi) is 3.05. The molecule has 22 heavy (non-hydrogen) atoms. The van der Waals surface area contributed by atoms with Gasteiger partial charge < -0.3 is 9.67 Å². The van der Waals surface area contributed by atoms with E-state index in [9.17, 15) is 5.11 Å². The average Bonchev–Trinajstić information content (AvgIpc) is 3.11. The second-order valence-electron chi connectivity index (χ2n) is 5.83. The third kappa shape index (κ3) is 2.04. The number of aliphatic hydroxyl groups is 1. The van der Waals surface area contributed by atoms with E-state index in [4.69, 9.17) is 0 Å². The van der Waals surface area contributed by atoms with E-state index in [1.165, 1.54) is 11.1 Å². The van der Waals surface area contributed by atoms with Gasteiger partial charge in [0.05, 0.1) is 30.4 Å². The van der Waals surface area contributed by atoms with Crippen molar-refractivity contribution >= 4 is 0 Å². The van der Waals surface area contributed by atoms with E-state index in [1.807, 2.05) is 62.2 Å². The molecule has 4 heteroatoms. The minimum absolute atomic E-state index is 0.104. The van der Waals surface area contributed by atoms with Gasteiger partial charge in [-0.15, -0.1) is 0 Å². The number of benzene rings is 1. The Morgan fingerprint density at radius 3 is 2.77 bits per heavy atom. The van der Waals surface area contributed by atoms with Crippen molar-refractivity contribution in [3.05, 3.63) is 71.9 Å². The first-order valence-electron chi connectivity index (χ1n) is 7.45. The summed E-state index contributed by atoms with van der Waals surface area (Å²) in [4.78, 5) is 8.45. The van der Waals surface area contributed by atoms with Crippen molar-refractivity contribution in [1.82, 2.24) is 14.5 Å². The lowest BCUT2D eigenvalue weighted by Crippen LogP contribution is -2.10. The van der Waals surface area contributed by atoms with E-state index < -0.39 is 6.10 Å². The van der Waals surface area contributed by atoms with Gasteiger partial charge in [-0.3, -0.25) is 4.98 Å². The molecule has 1 aromatic carbocycles. The molecule has 3 aromatic rings. The van der Waals surface area contributed by atoms with Crippen molar-refractivity contribution in [2.24, 2.45) is 0 Å². The number of aromatic nitrogens is 3. The summed E-state index contributed by atoms with van der Waals surface area (Å²) < 4.78 is 2.13. The highest BCUT2D eigenvalue weighted by molar-refractivity contribution is 5.67. The molecule has 0 amide bonds. The number of fused-ring (bicyclic) bond motifs is 3. The molecule has 1 N–H and O–H groups in total. The van der Waals surface area contributed by atoms with E-state index in [1.54, 1.807) is 0 Å². The SMILES string of the molecule is Cc1ccc(C(O)CC2c3ccncc3-c3cncn32)cc1. The molecule has 1 aliphatic rings. The molecule has 0 saturated carbocycles. The van der Waals surface area contributed by atoms with Crippen molar-refractivity contribution in [1.29, 1.82) is 0 Å². The second kappa shape index (κ2) is 5.07. The van der Waals surface area contributed by atoms with Gasteiger partial charge in [-0.1, -0.05) is 29.8 Å². The van der Waals surface area contributed by atoms with Crippen LogP contribution in [0.25, 0.3) is 11.3 Å². The van der Waals surface area contributed by atoms with Crippen LogP contribution in [0.5, 0.6) is 0 Å². The zero-order chi connectivity index (χ0) is 15.1. The smallest absolute Gasteiger partial charge is 0.0956 e. The Labute approximate surface area is 129 Å². The van der Waals surface area contributed by atoms with Crippen LogP contribution in [0.3, 0.4) is 0 Å². The van der Waals surface area contributed by atoms with Crippen LogP contribution in [0, 0.1) is 6.92 Å². The third-order valence-electron chi connectivity index (χ3n) is 4.40. The summed E-state index contributed by atoms with van der Waals surface area (Å²) in [6.07, 6.45) is 7.51. The first kappa shape index (κ1) is 13.2. The normalized spacial score (nSPS) is 17.1. The molecule has 110 valence electrons. The maximum Gasteiger partial charge on any atom is 0.0956 e. The number of aliphatic hydroxyl groups excluding tert-OH is 1. The van der Waals surface area contributed by atoms with Gasteiger partial charge >= 0.3 is 0 Å². The standard InChI is InChI=1S/C18H17N3O/c1-12-2-4-13(5-3-12)18(22)8-16-14-6-7-19-9-15(14)17-10-20-11-21(16)17/h2-7,9-11,16,18,22H,8H2,1H3. The third-order valence-corrected chi connectivity index (χ3v) is 4.40. The Morgan fingerprint density at radius 1 is 1.14 bits per heavy atom. The summed E-state index contributed by atoms with van der Waals surface area (Å²) in [6, 6.07) is 10.2. The molecule has 4 nitrogen and oxygen atoms in total. The van der Waals surface area contributed by atoms with Gasteiger partial charge in [0.15, 0.2) is 0 Å². The Hall–Kier alpha value is -2.46. The topological polar surface area (TPSA) is 50.9 Å². The van der Waals surface area contributed by atoms with Crippen molar-refractivity contribution in [3.8, 4) is 11.3 Å². The Morgan fingerprint density at radius 2 is 1.95 bits per heavy atom. The number of aryl methyl sites for hydroxylation is 1. The molecular weight excluding hydrogens is 274 g/mol. The fourth-order valence-electron chi connectivity index (χ4n) is 3.20. The van der Waals surface area contributed by atoms with Crippen molar-refractivity contribution in [3.63, 3.8) is 0 Å². The summed E-state index contributed by atoms with van der Waals surface area (Å²) in [5.41, 5.74) is 5.55. The van der Waals surface area contributed by atoms with Crippen LogP contribution < -0.4 is 0 Å². The molecule has 0 spiro atoms. The van der Waals surface area contributed by atoms with Crippen LogP contribution in [0.4, 0.5) is 0 Å². The Balaban J connectivity index is 1.67. The van der Waals surface area contributed by atoms with Gasteiger partial charge in [0.2, 0.25) is 0 Å². The lowest BCUT2D eigenvalue weighted by atomic mass is 9.96. The van der Waals surface area contributed by atoms with Crippen LogP contribution in [0.15, 0.2) is 55.2 Å². The largest absolute Gasteiger partial charge is 0.388 e. The molecule has 0 saturated heterocycles. The summed E-state index contributed by atoms with van der Waals surface area (Å²) in [5.74, 6) is 0. The van der Waals surface area contributed by atoms with E-state index in [-0.39, 0.29) is 6.04 Å². The number of nitrogens with zero attached hydrogens (tertiary/aromatic N) is 3. The van der Waals surface area contributed by atoms with E-state index in [2.05, 4.69) is 14.5 Å². The molecule has 2 atom stereocenters. The highest BCUT2D eigenvalue weighted by Crippen LogP contribution is 2.42. The minimum Gasteiger partial charge on any atom is -0.388 e. The molecule has 2 aromatic heterocycles. The van der Waals surface area contributed by atoms with Crippen molar-refractivity contribution in [2.75, 3.05) is 0 Å². The molecule has 0 aliphatic carbocycles. The van der Waals surface area contributed by atoms with Crippen molar-refractivity contribution in [2.45, 2.75) is 25.5 Å². The van der Waals surface area contributed by atoms with Crippen LogP contribution in [0.1, 0.15) is 35.3 Å². The van der Waals surface area contributed by atoms with Gasteiger partial charge in [0, 0.05) is 24.4 Å². The summed E-state index contributed by atoms with van der Waals surface area (Å²) >= 11 is 0. The lowest BCUT2D eigenvalue weighted by Gasteiger charge is -2.19. The Bertz CT molecular complexity index is 807. The number of hydrogen-bond acceptors (Lipinski definition) is 3. The molecule has 2 unspecified atom stereocenters. The zero-order valence-corrected chi connectivity index (χ0v) is 12.3. The van der Waals surface area contributed by atoms with E-state index in [0.717, 1.165) is 16.8 Å². The number of rotatable bonds is 3. The van der Waals surface area contributed by atoms with Crippen molar-refractivity contribution < 1.29 is 5.11 Å². The summed E-state index contributed by atoms with van der Waals surface area (Å²) in [6.45, 7) is 2.05. The second-order valence-corrected chi connectivity index (χ2v) is 5.83. The van der Waals surface area contributed by atoms with E-state index in [0.29, 0.717) is 6.42 Å². The highest BCUT2D eigenvalue weighted by Gasteiger charge is 2.30. The minimum atomic E-state index is -0.500. The fraction of sp³-hybridized carbons (Fsp3) is 0.222. The average molecular weight is 291 g/mol. The molecular formula is C18H17N3O. The highest BCUT2D eigenvalue weighted by atomic mass is 16.3. The van der Waals surface area contributed by atoms with Gasteiger partial charge in [-0.05, 0) is 24.1 Å². The van der Waals surface area contributed by atoms with Gasteiger partial charge in [0.1, 0.15) is 0 Å².